The lowest BCUT2D eigenvalue weighted by Gasteiger charge is -2.47. The Morgan fingerprint density at radius 1 is 0.737 bits per heavy atom. The van der Waals surface area contributed by atoms with E-state index in [-0.39, 0.29) is 0 Å². The molecule has 0 aromatic heterocycles. The van der Waals surface area contributed by atoms with Gasteiger partial charge in [0.2, 0.25) is 0 Å². The maximum Gasteiger partial charge on any atom is -0.0243 e. The molecule has 110 valence electrons. The molecular formula is C19H34. The van der Waals surface area contributed by atoms with Crippen LogP contribution >= 0.6 is 0 Å². The van der Waals surface area contributed by atoms with Crippen LogP contribution in [-0.4, -0.2) is 0 Å². The lowest BCUT2D eigenvalue weighted by atomic mass is 9.58. The molecule has 0 aromatic rings. The first-order chi connectivity index (χ1) is 9.31. The molecule has 0 aromatic carbocycles. The van der Waals surface area contributed by atoms with Crippen molar-refractivity contribution in [3.8, 4) is 0 Å². The summed E-state index contributed by atoms with van der Waals surface area (Å²) < 4.78 is 0. The topological polar surface area (TPSA) is 0 Å². The summed E-state index contributed by atoms with van der Waals surface area (Å²) in [5, 5.41) is 0. The van der Waals surface area contributed by atoms with Gasteiger partial charge in [-0.05, 0) is 74.0 Å². The molecule has 0 heteroatoms. The van der Waals surface area contributed by atoms with Crippen molar-refractivity contribution in [2.75, 3.05) is 0 Å². The minimum absolute atomic E-state index is 0.729. The highest BCUT2D eigenvalue weighted by molar-refractivity contribution is 5.00. The van der Waals surface area contributed by atoms with Gasteiger partial charge < -0.3 is 0 Å². The highest BCUT2D eigenvalue weighted by Gasteiger charge is 2.50. The number of rotatable bonds is 4. The van der Waals surface area contributed by atoms with Crippen molar-refractivity contribution in [1.29, 1.82) is 0 Å². The second-order valence-corrected chi connectivity index (χ2v) is 7.81. The Balaban J connectivity index is 1.82. The van der Waals surface area contributed by atoms with E-state index in [9.17, 15) is 0 Å². The van der Waals surface area contributed by atoms with E-state index in [1.165, 1.54) is 38.5 Å². The first-order valence-corrected chi connectivity index (χ1v) is 9.31. The monoisotopic (exact) mass is 262 g/mol. The normalized spacial score (nSPS) is 36.6. The van der Waals surface area contributed by atoms with Crippen LogP contribution in [0, 0.1) is 29.1 Å². The molecule has 0 N–H and O–H groups in total. The van der Waals surface area contributed by atoms with Crippen LogP contribution in [0.3, 0.4) is 0 Å². The van der Waals surface area contributed by atoms with Crippen LogP contribution < -0.4 is 0 Å². The van der Waals surface area contributed by atoms with Gasteiger partial charge >= 0.3 is 0 Å². The second-order valence-electron chi connectivity index (χ2n) is 7.81. The number of fused-ring (bicyclic) bond motifs is 1. The van der Waals surface area contributed by atoms with Crippen molar-refractivity contribution in [2.24, 2.45) is 29.1 Å². The predicted molar refractivity (Wildman–Crippen MR) is 83.1 cm³/mol. The zero-order chi connectivity index (χ0) is 13.3. The molecule has 0 heterocycles. The molecule has 0 bridgehead atoms. The van der Waals surface area contributed by atoms with Gasteiger partial charge in [0, 0.05) is 0 Å². The summed E-state index contributed by atoms with van der Waals surface area (Å²) in [5.41, 5.74) is 0.729. The SMILES string of the molecule is CCC(CC)(C1CCCC1)C1CCC2CCCCC21. The molecule has 3 unspecified atom stereocenters. The fraction of sp³-hybridized carbons (Fsp3) is 1.00. The highest BCUT2D eigenvalue weighted by atomic mass is 14.6. The first kappa shape index (κ1) is 14.0. The summed E-state index contributed by atoms with van der Waals surface area (Å²) in [5.74, 6) is 4.41. The average molecular weight is 262 g/mol. The Morgan fingerprint density at radius 2 is 1.37 bits per heavy atom. The number of hydrogen-bond acceptors (Lipinski definition) is 0. The molecule has 0 nitrogen and oxygen atoms in total. The largest absolute Gasteiger partial charge is 0.0648 e. The molecule has 0 amide bonds. The van der Waals surface area contributed by atoms with Gasteiger partial charge in [0.1, 0.15) is 0 Å². The zero-order valence-electron chi connectivity index (χ0n) is 13.3. The maximum absolute atomic E-state index is 2.51. The second kappa shape index (κ2) is 5.78. The molecular weight excluding hydrogens is 228 g/mol. The molecule has 0 saturated heterocycles. The van der Waals surface area contributed by atoms with Crippen LogP contribution in [0.4, 0.5) is 0 Å². The van der Waals surface area contributed by atoms with Crippen molar-refractivity contribution in [2.45, 2.75) is 90.9 Å². The summed E-state index contributed by atoms with van der Waals surface area (Å²) in [7, 11) is 0. The van der Waals surface area contributed by atoms with Gasteiger partial charge in [-0.15, -0.1) is 0 Å². The van der Waals surface area contributed by atoms with Crippen LogP contribution in [0.2, 0.25) is 0 Å². The molecule has 0 spiro atoms. The van der Waals surface area contributed by atoms with Crippen LogP contribution in [-0.2, 0) is 0 Å². The fourth-order valence-corrected chi connectivity index (χ4v) is 6.60. The van der Waals surface area contributed by atoms with E-state index in [0.29, 0.717) is 0 Å². The van der Waals surface area contributed by atoms with Gasteiger partial charge in [-0.1, -0.05) is 46.0 Å². The Kier molecular flexibility index (Phi) is 4.25. The fourth-order valence-electron chi connectivity index (χ4n) is 6.60. The van der Waals surface area contributed by atoms with Gasteiger partial charge in [-0.3, -0.25) is 0 Å². The molecule has 0 aliphatic heterocycles. The Hall–Kier alpha value is 0. The molecule has 3 saturated carbocycles. The average Bonchev–Trinajstić information content (AvgIpc) is 3.11. The van der Waals surface area contributed by atoms with Crippen LogP contribution in [0.25, 0.3) is 0 Å². The maximum atomic E-state index is 2.51. The lowest BCUT2D eigenvalue weighted by Crippen LogP contribution is -2.39. The summed E-state index contributed by atoms with van der Waals surface area (Å²) in [6.45, 7) is 5.02. The molecule has 3 rings (SSSR count). The summed E-state index contributed by atoms with van der Waals surface area (Å²) in [6.07, 6.45) is 18.4. The molecule has 3 fully saturated rings. The van der Waals surface area contributed by atoms with Gasteiger partial charge in [-0.25, -0.2) is 0 Å². The van der Waals surface area contributed by atoms with E-state index < -0.39 is 0 Å². The van der Waals surface area contributed by atoms with Gasteiger partial charge in [-0.2, -0.15) is 0 Å². The Labute approximate surface area is 120 Å². The predicted octanol–water partition coefficient (Wildman–Crippen LogP) is 6.20. The van der Waals surface area contributed by atoms with Crippen LogP contribution in [0.15, 0.2) is 0 Å². The highest BCUT2D eigenvalue weighted by Crippen LogP contribution is 2.59. The lowest BCUT2D eigenvalue weighted by molar-refractivity contribution is 0.0192. The van der Waals surface area contributed by atoms with E-state index in [2.05, 4.69) is 13.8 Å². The van der Waals surface area contributed by atoms with Gasteiger partial charge in [0.25, 0.3) is 0 Å². The third-order valence-corrected chi connectivity index (χ3v) is 7.56. The van der Waals surface area contributed by atoms with Crippen molar-refractivity contribution in [3.63, 3.8) is 0 Å². The Bertz CT molecular complexity index is 282. The first-order valence-electron chi connectivity index (χ1n) is 9.31. The van der Waals surface area contributed by atoms with Gasteiger partial charge in [0.15, 0.2) is 0 Å². The summed E-state index contributed by atoms with van der Waals surface area (Å²) in [6, 6.07) is 0. The third-order valence-electron chi connectivity index (χ3n) is 7.56. The van der Waals surface area contributed by atoms with E-state index in [4.69, 9.17) is 0 Å². The van der Waals surface area contributed by atoms with E-state index in [1.54, 1.807) is 38.5 Å². The quantitative estimate of drug-likeness (QED) is 0.566. The van der Waals surface area contributed by atoms with E-state index >= 15 is 0 Å². The number of hydrogen-bond donors (Lipinski definition) is 0. The minimum atomic E-state index is 0.729. The molecule has 19 heavy (non-hydrogen) atoms. The standard InChI is InChI=1S/C19H34/c1-3-19(4-2,16-10-6-7-11-16)18-14-13-15-9-5-8-12-17(15)18/h15-18H,3-14H2,1-2H3. The summed E-state index contributed by atoms with van der Waals surface area (Å²) in [4.78, 5) is 0. The van der Waals surface area contributed by atoms with Crippen molar-refractivity contribution < 1.29 is 0 Å². The van der Waals surface area contributed by atoms with E-state index in [1.807, 2.05) is 0 Å². The molecule has 3 aliphatic carbocycles. The van der Waals surface area contributed by atoms with Crippen molar-refractivity contribution in [1.82, 2.24) is 0 Å². The van der Waals surface area contributed by atoms with Crippen LogP contribution in [0.5, 0.6) is 0 Å². The van der Waals surface area contributed by atoms with E-state index in [0.717, 1.165) is 29.1 Å². The Morgan fingerprint density at radius 3 is 2.05 bits per heavy atom. The smallest absolute Gasteiger partial charge is 0.0243 e. The minimum Gasteiger partial charge on any atom is -0.0648 e. The molecule has 0 radical (unpaired) electrons. The van der Waals surface area contributed by atoms with Crippen LogP contribution in [0.1, 0.15) is 90.9 Å². The molecule has 3 atom stereocenters. The summed E-state index contributed by atoms with van der Waals surface area (Å²) >= 11 is 0. The van der Waals surface area contributed by atoms with Gasteiger partial charge in [0.05, 0.1) is 0 Å². The van der Waals surface area contributed by atoms with Crippen molar-refractivity contribution >= 4 is 0 Å². The molecule has 3 aliphatic rings. The third kappa shape index (κ3) is 2.28. The zero-order valence-corrected chi connectivity index (χ0v) is 13.3. The van der Waals surface area contributed by atoms with Crippen molar-refractivity contribution in [3.05, 3.63) is 0 Å².